The van der Waals surface area contributed by atoms with Crippen molar-refractivity contribution in [2.24, 2.45) is 7.05 Å². The quantitative estimate of drug-likeness (QED) is 0.503. The molecular formula is C22H22N4O3. The molecule has 7 heteroatoms. The third-order valence-corrected chi connectivity index (χ3v) is 5.69. The van der Waals surface area contributed by atoms with E-state index in [1.165, 1.54) is 0 Å². The molecule has 0 bridgehead atoms. The molecule has 1 aromatic carbocycles. The maximum atomic E-state index is 13.3. The second-order valence-electron chi connectivity index (χ2n) is 7.37. The Morgan fingerprint density at radius 2 is 1.83 bits per heavy atom. The minimum Gasteiger partial charge on any atom is -0.462 e. The third kappa shape index (κ3) is 2.53. The first-order valence-corrected chi connectivity index (χ1v) is 9.96. The lowest BCUT2D eigenvalue weighted by molar-refractivity contribution is 0.0526. The van der Waals surface area contributed by atoms with Gasteiger partial charge < -0.3 is 14.2 Å². The van der Waals surface area contributed by atoms with Crippen molar-refractivity contribution in [2.45, 2.75) is 19.8 Å². The van der Waals surface area contributed by atoms with Crippen LogP contribution in [0, 0.1) is 0 Å². The number of esters is 1. The van der Waals surface area contributed by atoms with E-state index in [1.807, 2.05) is 46.3 Å². The molecule has 0 N–H and O–H groups in total. The van der Waals surface area contributed by atoms with Gasteiger partial charge in [-0.15, -0.1) is 0 Å². The summed E-state index contributed by atoms with van der Waals surface area (Å²) in [6.07, 6.45) is 2.29. The molecule has 0 aliphatic carbocycles. The van der Waals surface area contributed by atoms with Crippen LogP contribution in [0.5, 0.6) is 0 Å². The number of nitrogens with zero attached hydrogens (tertiary/aromatic N) is 4. The van der Waals surface area contributed by atoms with Crippen molar-refractivity contribution in [2.75, 3.05) is 24.6 Å². The van der Waals surface area contributed by atoms with Crippen LogP contribution in [-0.2, 0) is 11.8 Å². The first kappa shape index (κ1) is 17.7. The van der Waals surface area contributed by atoms with Gasteiger partial charge in [0.25, 0.3) is 0 Å². The van der Waals surface area contributed by atoms with Crippen LogP contribution in [0.1, 0.15) is 30.1 Å². The van der Waals surface area contributed by atoms with Crippen molar-refractivity contribution in [3.05, 3.63) is 52.2 Å². The number of ether oxygens (including phenoxy) is 1. The van der Waals surface area contributed by atoms with E-state index in [2.05, 4.69) is 4.90 Å². The summed E-state index contributed by atoms with van der Waals surface area (Å²) < 4.78 is 9.01. The Hall–Kier alpha value is -3.35. The molecule has 0 atom stereocenters. The molecule has 1 saturated heterocycles. The molecule has 1 aliphatic heterocycles. The summed E-state index contributed by atoms with van der Waals surface area (Å²) >= 11 is 0. The van der Waals surface area contributed by atoms with E-state index >= 15 is 0 Å². The predicted molar refractivity (Wildman–Crippen MR) is 113 cm³/mol. The topological polar surface area (TPSA) is 68.8 Å². The fourth-order valence-electron chi connectivity index (χ4n) is 4.34. The van der Waals surface area contributed by atoms with Gasteiger partial charge in [0.1, 0.15) is 17.0 Å². The van der Waals surface area contributed by atoms with Gasteiger partial charge in [-0.2, -0.15) is 0 Å². The Bertz CT molecular complexity index is 1330. The summed E-state index contributed by atoms with van der Waals surface area (Å²) in [6, 6.07) is 11.5. The van der Waals surface area contributed by atoms with Crippen molar-refractivity contribution in [3.8, 4) is 0 Å². The molecular weight excluding hydrogens is 368 g/mol. The molecule has 148 valence electrons. The van der Waals surface area contributed by atoms with Crippen LogP contribution in [0.4, 0.5) is 5.82 Å². The van der Waals surface area contributed by atoms with Crippen LogP contribution in [0.25, 0.3) is 27.7 Å². The Morgan fingerprint density at radius 3 is 2.55 bits per heavy atom. The standard InChI is InChI=1S/C22H22N4O3/c1-3-29-22(28)18-19(27)14-10-11-17(25-12-6-7-13-25)23-20(14)26-16-9-5-4-8-15(16)24(2)21(18)26/h4-5,8-11H,3,6-7,12-13H2,1-2H3. The first-order valence-electron chi connectivity index (χ1n) is 9.96. The minimum absolute atomic E-state index is 0.0498. The number of para-hydroxylation sites is 2. The number of aromatic nitrogens is 3. The number of pyridine rings is 2. The number of fused-ring (bicyclic) bond motifs is 5. The largest absolute Gasteiger partial charge is 0.462 e. The number of rotatable bonds is 3. The lowest BCUT2D eigenvalue weighted by atomic mass is 10.1. The van der Waals surface area contributed by atoms with Gasteiger partial charge in [-0.25, -0.2) is 9.78 Å². The second-order valence-corrected chi connectivity index (χ2v) is 7.37. The minimum atomic E-state index is -0.605. The van der Waals surface area contributed by atoms with Crippen LogP contribution in [0.2, 0.25) is 0 Å². The zero-order valence-corrected chi connectivity index (χ0v) is 16.5. The Balaban J connectivity index is 1.96. The van der Waals surface area contributed by atoms with Crippen molar-refractivity contribution in [1.82, 2.24) is 14.0 Å². The molecule has 4 aromatic rings. The zero-order valence-electron chi connectivity index (χ0n) is 16.5. The van der Waals surface area contributed by atoms with E-state index in [-0.39, 0.29) is 17.6 Å². The molecule has 0 saturated carbocycles. The molecule has 0 unspecified atom stereocenters. The highest BCUT2D eigenvalue weighted by Gasteiger charge is 2.25. The molecule has 0 spiro atoms. The number of benzene rings is 1. The van der Waals surface area contributed by atoms with Crippen LogP contribution in [-0.4, -0.2) is 39.6 Å². The number of carbonyl (C=O) groups is 1. The van der Waals surface area contributed by atoms with Crippen molar-refractivity contribution < 1.29 is 9.53 Å². The van der Waals surface area contributed by atoms with Gasteiger partial charge in [0.05, 0.1) is 23.0 Å². The molecule has 0 amide bonds. The number of hydrogen-bond donors (Lipinski definition) is 0. The Morgan fingerprint density at radius 1 is 1.10 bits per heavy atom. The fourth-order valence-corrected chi connectivity index (χ4v) is 4.34. The normalized spacial score (nSPS) is 14.3. The average Bonchev–Trinajstić information content (AvgIpc) is 3.36. The molecule has 4 heterocycles. The number of carbonyl (C=O) groups excluding carboxylic acids is 1. The van der Waals surface area contributed by atoms with E-state index in [4.69, 9.17) is 9.72 Å². The fraction of sp³-hybridized carbons (Fsp3) is 0.318. The average molecular weight is 390 g/mol. The van der Waals surface area contributed by atoms with E-state index in [0.29, 0.717) is 16.7 Å². The summed E-state index contributed by atoms with van der Waals surface area (Å²) in [6.45, 7) is 3.87. The lowest BCUT2D eigenvalue weighted by Gasteiger charge is -2.17. The summed E-state index contributed by atoms with van der Waals surface area (Å²) in [5.41, 5.74) is 2.59. The highest BCUT2D eigenvalue weighted by atomic mass is 16.5. The van der Waals surface area contributed by atoms with E-state index < -0.39 is 5.97 Å². The van der Waals surface area contributed by atoms with Gasteiger partial charge in [0, 0.05) is 20.1 Å². The van der Waals surface area contributed by atoms with Crippen LogP contribution in [0.15, 0.2) is 41.2 Å². The van der Waals surface area contributed by atoms with Crippen LogP contribution < -0.4 is 10.3 Å². The number of anilines is 1. The molecule has 3 aromatic heterocycles. The Kier molecular flexibility index (Phi) is 4.04. The highest BCUT2D eigenvalue weighted by Crippen LogP contribution is 2.27. The molecule has 1 fully saturated rings. The number of aryl methyl sites for hydroxylation is 1. The van der Waals surface area contributed by atoms with Crippen molar-refractivity contribution >= 4 is 39.5 Å². The van der Waals surface area contributed by atoms with Gasteiger partial charge in [0.2, 0.25) is 5.43 Å². The highest BCUT2D eigenvalue weighted by molar-refractivity contribution is 6.03. The zero-order chi connectivity index (χ0) is 20.1. The smallest absolute Gasteiger partial charge is 0.345 e. The second kappa shape index (κ2) is 6.62. The van der Waals surface area contributed by atoms with Gasteiger partial charge in [-0.05, 0) is 44.0 Å². The molecule has 7 nitrogen and oxygen atoms in total. The van der Waals surface area contributed by atoms with E-state index in [0.717, 1.165) is 42.8 Å². The van der Waals surface area contributed by atoms with Crippen molar-refractivity contribution in [3.63, 3.8) is 0 Å². The number of hydrogen-bond acceptors (Lipinski definition) is 5. The summed E-state index contributed by atoms with van der Waals surface area (Å²) in [5.74, 6) is 0.256. The summed E-state index contributed by atoms with van der Waals surface area (Å²) in [5, 5.41) is 0.421. The number of imidazole rings is 1. The molecule has 5 rings (SSSR count). The van der Waals surface area contributed by atoms with Gasteiger partial charge >= 0.3 is 5.97 Å². The SMILES string of the molecule is CCOC(=O)c1c(=O)c2ccc(N3CCCC3)nc2n2c3ccccc3n(C)c12. The van der Waals surface area contributed by atoms with Gasteiger partial charge in [-0.1, -0.05) is 12.1 Å². The Labute approximate surface area is 167 Å². The monoisotopic (exact) mass is 390 g/mol. The third-order valence-electron chi connectivity index (χ3n) is 5.69. The van der Waals surface area contributed by atoms with Gasteiger partial charge in [-0.3, -0.25) is 9.20 Å². The molecule has 1 aliphatic rings. The maximum absolute atomic E-state index is 13.3. The van der Waals surface area contributed by atoms with Crippen molar-refractivity contribution in [1.29, 1.82) is 0 Å². The summed E-state index contributed by atoms with van der Waals surface area (Å²) in [4.78, 5) is 33.2. The molecule has 0 radical (unpaired) electrons. The first-order chi connectivity index (χ1) is 14.1. The van der Waals surface area contributed by atoms with Crippen LogP contribution >= 0.6 is 0 Å². The maximum Gasteiger partial charge on any atom is 0.345 e. The summed E-state index contributed by atoms with van der Waals surface area (Å²) in [7, 11) is 1.86. The van der Waals surface area contributed by atoms with Gasteiger partial charge in [0.15, 0.2) is 5.65 Å². The van der Waals surface area contributed by atoms with Crippen LogP contribution in [0.3, 0.4) is 0 Å². The van der Waals surface area contributed by atoms with E-state index in [1.54, 1.807) is 13.0 Å². The predicted octanol–water partition coefficient (Wildman–Crippen LogP) is 3.12. The lowest BCUT2D eigenvalue weighted by Crippen LogP contribution is -2.23. The molecule has 29 heavy (non-hydrogen) atoms. The van der Waals surface area contributed by atoms with E-state index in [9.17, 15) is 9.59 Å².